The van der Waals surface area contributed by atoms with E-state index in [1.807, 2.05) is 17.9 Å². The number of piperazine rings is 1. The monoisotopic (exact) mass is 298 g/mol. The predicted molar refractivity (Wildman–Crippen MR) is 81.9 cm³/mol. The summed E-state index contributed by atoms with van der Waals surface area (Å²) in [5.41, 5.74) is 0.621. The van der Waals surface area contributed by atoms with Gasteiger partial charge in [0.1, 0.15) is 5.75 Å². The Morgan fingerprint density at radius 2 is 2.32 bits per heavy atom. The van der Waals surface area contributed by atoms with E-state index in [0.717, 1.165) is 19.6 Å². The summed E-state index contributed by atoms with van der Waals surface area (Å²) in [5.74, 6) is 1.01. The molecule has 6 nitrogen and oxygen atoms in total. The van der Waals surface area contributed by atoms with Crippen molar-refractivity contribution >= 4 is 5.91 Å². The second-order valence-corrected chi connectivity index (χ2v) is 5.23. The van der Waals surface area contributed by atoms with Crippen LogP contribution in [0.15, 0.2) is 42.9 Å². The normalized spacial score (nSPS) is 18.0. The fourth-order valence-electron chi connectivity index (χ4n) is 2.46. The van der Waals surface area contributed by atoms with E-state index in [2.05, 4.69) is 15.3 Å². The van der Waals surface area contributed by atoms with Gasteiger partial charge in [-0.1, -0.05) is 6.07 Å². The van der Waals surface area contributed by atoms with Gasteiger partial charge in [0.25, 0.3) is 5.91 Å². The zero-order chi connectivity index (χ0) is 15.4. The second kappa shape index (κ2) is 6.53. The number of rotatable bonds is 3. The van der Waals surface area contributed by atoms with Gasteiger partial charge in [-0.25, -0.2) is 4.98 Å². The lowest BCUT2D eigenvalue weighted by Crippen LogP contribution is -2.52. The van der Waals surface area contributed by atoms with Crippen LogP contribution in [0.3, 0.4) is 0 Å². The third-order valence-electron chi connectivity index (χ3n) is 3.61. The zero-order valence-electron chi connectivity index (χ0n) is 12.4. The molecule has 0 bridgehead atoms. The predicted octanol–water partition coefficient (Wildman–Crippen LogP) is 1.70. The van der Waals surface area contributed by atoms with Crippen molar-refractivity contribution in [3.05, 3.63) is 48.4 Å². The molecule has 1 saturated heterocycles. The fourth-order valence-corrected chi connectivity index (χ4v) is 2.46. The molecule has 114 valence electrons. The molecule has 1 atom stereocenters. The summed E-state index contributed by atoms with van der Waals surface area (Å²) in [5, 5.41) is 3.28. The Bertz CT molecular complexity index is 648. The summed E-state index contributed by atoms with van der Waals surface area (Å²) in [6.07, 6.45) is 4.68. The molecule has 6 heteroatoms. The molecule has 1 N–H and O–H groups in total. The summed E-state index contributed by atoms with van der Waals surface area (Å²) in [6, 6.07) is 7.34. The van der Waals surface area contributed by atoms with Crippen LogP contribution in [-0.4, -0.2) is 46.5 Å². The molecule has 3 rings (SSSR count). The summed E-state index contributed by atoms with van der Waals surface area (Å²) >= 11 is 0. The number of nitrogens with one attached hydrogen (secondary N) is 1. The van der Waals surface area contributed by atoms with Crippen LogP contribution in [-0.2, 0) is 0 Å². The molecule has 0 saturated carbocycles. The number of benzene rings is 1. The van der Waals surface area contributed by atoms with Gasteiger partial charge in [0.2, 0.25) is 5.88 Å². The highest BCUT2D eigenvalue weighted by Crippen LogP contribution is 2.21. The first-order chi connectivity index (χ1) is 10.7. The Kier molecular flexibility index (Phi) is 4.29. The first kappa shape index (κ1) is 14.5. The minimum absolute atomic E-state index is 0.0265. The smallest absolute Gasteiger partial charge is 0.254 e. The van der Waals surface area contributed by atoms with Gasteiger partial charge < -0.3 is 15.0 Å². The van der Waals surface area contributed by atoms with Gasteiger partial charge in [0.15, 0.2) is 0 Å². The Morgan fingerprint density at radius 3 is 3.09 bits per heavy atom. The molecule has 0 spiro atoms. The van der Waals surface area contributed by atoms with Gasteiger partial charge in [0.05, 0.1) is 6.20 Å². The lowest BCUT2D eigenvalue weighted by molar-refractivity contribution is 0.0655. The van der Waals surface area contributed by atoms with Crippen molar-refractivity contribution in [1.82, 2.24) is 20.2 Å². The van der Waals surface area contributed by atoms with Crippen LogP contribution in [0.2, 0.25) is 0 Å². The molecular formula is C16H18N4O2. The summed E-state index contributed by atoms with van der Waals surface area (Å²) in [7, 11) is 0. The molecule has 1 aliphatic heterocycles. The quantitative estimate of drug-likeness (QED) is 0.934. The van der Waals surface area contributed by atoms with E-state index in [0.29, 0.717) is 17.2 Å². The van der Waals surface area contributed by atoms with Gasteiger partial charge in [-0.05, 0) is 25.1 Å². The number of carbonyl (C=O) groups excluding carboxylic acids is 1. The van der Waals surface area contributed by atoms with Crippen LogP contribution in [0.4, 0.5) is 0 Å². The van der Waals surface area contributed by atoms with Gasteiger partial charge in [0, 0.05) is 43.6 Å². The Balaban J connectivity index is 1.77. The van der Waals surface area contributed by atoms with Crippen molar-refractivity contribution in [3.63, 3.8) is 0 Å². The minimum atomic E-state index is 0.0265. The van der Waals surface area contributed by atoms with E-state index in [1.54, 1.807) is 30.6 Å². The molecule has 1 amide bonds. The minimum Gasteiger partial charge on any atom is -0.437 e. The largest absolute Gasteiger partial charge is 0.437 e. The van der Waals surface area contributed by atoms with E-state index in [-0.39, 0.29) is 11.9 Å². The molecule has 2 heterocycles. The maximum absolute atomic E-state index is 12.6. The van der Waals surface area contributed by atoms with Crippen LogP contribution in [0.5, 0.6) is 11.6 Å². The third-order valence-corrected chi connectivity index (χ3v) is 3.61. The highest BCUT2D eigenvalue weighted by atomic mass is 16.5. The molecule has 1 fully saturated rings. The van der Waals surface area contributed by atoms with Gasteiger partial charge >= 0.3 is 0 Å². The van der Waals surface area contributed by atoms with Gasteiger partial charge in [-0.15, -0.1) is 0 Å². The Morgan fingerprint density at radius 1 is 1.41 bits per heavy atom. The molecular weight excluding hydrogens is 280 g/mol. The number of nitrogens with zero attached hydrogens (tertiary/aromatic N) is 3. The number of hydrogen-bond acceptors (Lipinski definition) is 5. The van der Waals surface area contributed by atoms with Crippen molar-refractivity contribution in [3.8, 4) is 11.6 Å². The van der Waals surface area contributed by atoms with Gasteiger partial charge in [-0.3, -0.25) is 9.78 Å². The van der Waals surface area contributed by atoms with E-state index in [1.165, 1.54) is 6.20 Å². The first-order valence-electron chi connectivity index (χ1n) is 7.29. The Hall–Kier alpha value is -2.47. The number of aromatic nitrogens is 2. The van der Waals surface area contributed by atoms with Crippen LogP contribution in [0, 0.1) is 0 Å². The van der Waals surface area contributed by atoms with Crippen LogP contribution in [0.1, 0.15) is 17.3 Å². The molecule has 0 unspecified atom stereocenters. The maximum Gasteiger partial charge on any atom is 0.254 e. The molecule has 1 aromatic heterocycles. The SMILES string of the molecule is C[C@H]1CNCCN1C(=O)c1cccc(Oc2cnccn2)c1. The van der Waals surface area contributed by atoms with Crippen LogP contribution < -0.4 is 10.1 Å². The van der Waals surface area contributed by atoms with Crippen molar-refractivity contribution < 1.29 is 9.53 Å². The van der Waals surface area contributed by atoms with Crippen LogP contribution in [0.25, 0.3) is 0 Å². The van der Waals surface area contributed by atoms with Gasteiger partial charge in [-0.2, -0.15) is 0 Å². The molecule has 1 aromatic carbocycles. The molecule has 0 radical (unpaired) electrons. The number of hydrogen-bond donors (Lipinski definition) is 1. The third kappa shape index (κ3) is 3.23. The van der Waals surface area contributed by atoms with Crippen molar-refractivity contribution in [2.24, 2.45) is 0 Å². The van der Waals surface area contributed by atoms with Crippen molar-refractivity contribution in [1.29, 1.82) is 0 Å². The average molecular weight is 298 g/mol. The fraction of sp³-hybridized carbons (Fsp3) is 0.312. The maximum atomic E-state index is 12.6. The molecule has 0 aliphatic carbocycles. The first-order valence-corrected chi connectivity index (χ1v) is 7.29. The Labute approximate surface area is 129 Å². The van der Waals surface area contributed by atoms with Crippen LogP contribution >= 0.6 is 0 Å². The topological polar surface area (TPSA) is 67.4 Å². The number of carbonyl (C=O) groups is 1. The van der Waals surface area contributed by atoms with E-state index < -0.39 is 0 Å². The standard InChI is InChI=1S/C16H18N4O2/c1-12-10-18-7-8-20(12)16(21)13-3-2-4-14(9-13)22-15-11-17-5-6-19-15/h2-6,9,11-12,18H,7-8,10H2,1H3/t12-/m0/s1. The van der Waals surface area contributed by atoms with Crippen molar-refractivity contribution in [2.45, 2.75) is 13.0 Å². The number of ether oxygens (including phenoxy) is 1. The second-order valence-electron chi connectivity index (χ2n) is 5.23. The molecule has 22 heavy (non-hydrogen) atoms. The lowest BCUT2D eigenvalue weighted by atomic mass is 10.1. The lowest BCUT2D eigenvalue weighted by Gasteiger charge is -2.34. The number of amides is 1. The summed E-state index contributed by atoms with van der Waals surface area (Å²) < 4.78 is 5.63. The summed E-state index contributed by atoms with van der Waals surface area (Å²) in [6.45, 7) is 4.41. The van der Waals surface area contributed by atoms with E-state index in [4.69, 9.17) is 4.74 Å². The highest BCUT2D eigenvalue weighted by molar-refractivity contribution is 5.94. The van der Waals surface area contributed by atoms with Crippen molar-refractivity contribution in [2.75, 3.05) is 19.6 Å². The zero-order valence-corrected chi connectivity index (χ0v) is 12.4. The highest BCUT2D eigenvalue weighted by Gasteiger charge is 2.24. The molecule has 1 aliphatic rings. The average Bonchev–Trinajstić information content (AvgIpc) is 2.56. The van der Waals surface area contributed by atoms with E-state index >= 15 is 0 Å². The summed E-state index contributed by atoms with van der Waals surface area (Å²) in [4.78, 5) is 22.5. The molecule has 2 aromatic rings. The van der Waals surface area contributed by atoms with E-state index in [9.17, 15) is 4.79 Å².